The van der Waals surface area contributed by atoms with E-state index in [0.717, 1.165) is 10.5 Å². The smallest absolute Gasteiger partial charge is 0.326 e. The summed E-state index contributed by atoms with van der Waals surface area (Å²) in [6.07, 6.45) is -1.04. The molecule has 1 heterocycles. The highest BCUT2D eigenvalue weighted by atomic mass is 16.4. The number of nitrogens with one attached hydrogen (secondary N) is 4. The Kier molecular flexibility index (Phi) is 15.5. The molecular weight excluding hydrogens is 606 g/mol. The van der Waals surface area contributed by atoms with Crippen LogP contribution < -0.4 is 32.7 Å². The van der Waals surface area contributed by atoms with E-state index in [1.165, 1.54) is 0 Å². The number of aliphatic carboxylic acids is 2. The van der Waals surface area contributed by atoms with Crippen LogP contribution in [0.3, 0.4) is 0 Å². The second-order valence-corrected chi connectivity index (χ2v) is 10.8. The maximum absolute atomic E-state index is 13.5. The summed E-state index contributed by atoms with van der Waals surface area (Å²) >= 11 is 0. The van der Waals surface area contributed by atoms with Crippen LogP contribution in [0, 0.1) is 0 Å². The van der Waals surface area contributed by atoms with Gasteiger partial charge < -0.3 is 53.0 Å². The second-order valence-electron chi connectivity index (χ2n) is 10.8. The fourth-order valence-corrected chi connectivity index (χ4v) is 4.92. The minimum absolute atomic E-state index is 0.0124. The Hall–Kier alpha value is -4.61. The molecule has 1 aliphatic heterocycles. The molecule has 1 aromatic rings. The predicted octanol–water partition coefficient (Wildman–Crippen LogP) is -3.20. The van der Waals surface area contributed by atoms with Crippen molar-refractivity contribution in [2.45, 2.75) is 75.2 Å². The lowest BCUT2D eigenvalue weighted by Gasteiger charge is -2.29. The predicted molar refractivity (Wildman–Crippen MR) is 162 cm³/mol. The van der Waals surface area contributed by atoms with Gasteiger partial charge in [0, 0.05) is 19.4 Å². The second kappa shape index (κ2) is 19.0. The van der Waals surface area contributed by atoms with Crippen molar-refractivity contribution in [2.75, 3.05) is 26.2 Å². The van der Waals surface area contributed by atoms with E-state index in [1.807, 2.05) is 0 Å². The molecule has 1 fully saturated rings. The van der Waals surface area contributed by atoms with E-state index in [4.69, 9.17) is 16.6 Å². The van der Waals surface area contributed by atoms with Crippen LogP contribution in [0.5, 0.6) is 0 Å². The largest absolute Gasteiger partial charge is 0.481 e. The van der Waals surface area contributed by atoms with Gasteiger partial charge in [-0.3, -0.25) is 28.8 Å². The molecule has 0 saturated carbocycles. The lowest BCUT2D eigenvalue weighted by Crippen LogP contribution is -2.58. The summed E-state index contributed by atoms with van der Waals surface area (Å²) in [7, 11) is 0. The number of carboxylic acid groups (broad SMARTS) is 2. The number of likely N-dealkylation sites (tertiary alicyclic amines) is 1. The normalized spacial score (nSPS) is 17.7. The number of hydrogen-bond acceptors (Lipinski definition) is 10. The molecule has 1 saturated heterocycles. The van der Waals surface area contributed by atoms with E-state index in [9.17, 15) is 43.8 Å². The first-order valence-corrected chi connectivity index (χ1v) is 14.9. The van der Waals surface area contributed by atoms with Crippen molar-refractivity contribution >= 4 is 41.5 Å². The van der Waals surface area contributed by atoms with E-state index in [0.29, 0.717) is 19.4 Å². The number of aliphatic hydroxyl groups excluding tert-OH is 1. The average molecular weight is 650 g/mol. The Bertz CT molecular complexity index is 1230. The molecule has 17 nitrogen and oxygen atoms in total. The van der Waals surface area contributed by atoms with Gasteiger partial charge in [-0.1, -0.05) is 30.3 Å². The molecule has 254 valence electrons. The van der Waals surface area contributed by atoms with Gasteiger partial charge in [0.1, 0.15) is 24.2 Å². The molecule has 46 heavy (non-hydrogen) atoms. The van der Waals surface area contributed by atoms with Crippen molar-refractivity contribution < 1.29 is 48.9 Å². The van der Waals surface area contributed by atoms with E-state index in [-0.39, 0.29) is 38.8 Å². The third-order valence-electron chi connectivity index (χ3n) is 7.30. The number of unbranched alkanes of at least 4 members (excludes halogenated alkanes) is 1. The summed E-state index contributed by atoms with van der Waals surface area (Å²) in [6.45, 7) is -0.776. The number of amides is 5. The van der Waals surface area contributed by atoms with Crippen LogP contribution in [0.4, 0.5) is 0 Å². The van der Waals surface area contributed by atoms with E-state index < -0.39 is 84.7 Å². The minimum atomic E-state index is -1.43. The molecule has 0 unspecified atom stereocenters. The van der Waals surface area contributed by atoms with Crippen molar-refractivity contribution in [1.29, 1.82) is 0 Å². The first-order chi connectivity index (χ1) is 21.9. The van der Waals surface area contributed by atoms with Gasteiger partial charge in [-0.2, -0.15) is 0 Å². The monoisotopic (exact) mass is 649 g/mol. The van der Waals surface area contributed by atoms with Gasteiger partial charge in [-0.25, -0.2) is 4.79 Å². The molecule has 5 atom stereocenters. The average Bonchev–Trinajstić information content (AvgIpc) is 3.41. The van der Waals surface area contributed by atoms with Crippen LogP contribution in [-0.2, 0) is 40.0 Å². The number of carboxylic acids is 2. The van der Waals surface area contributed by atoms with Crippen LogP contribution in [-0.4, -0.2) is 118 Å². The summed E-state index contributed by atoms with van der Waals surface area (Å²) in [5, 5.41) is 38.6. The quantitative estimate of drug-likeness (QED) is 0.0670. The minimum Gasteiger partial charge on any atom is -0.481 e. The molecule has 1 aliphatic rings. The molecular formula is C29H43N7O10. The highest BCUT2D eigenvalue weighted by Crippen LogP contribution is 2.20. The van der Waals surface area contributed by atoms with Crippen molar-refractivity contribution in [3.05, 3.63) is 35.9 Å². The molecule has 0 bridgehead atoms. The molecule has 17 heteroatoms. The Morgan fingerprint density at radius 3 is 2.15 bits per heavy atom. The van der Waals surface area contributed by atoms with E-state index >= 15 is 0 Å². The molecule has 2 rings (SSSR count). The van der Waals surface area contributed by atoms with E-state index in [2.05, 4.69) is 21.3 Å². The molecule has 1 aromatic carbocycles. The lowest BCUT2D eigenvalue weighted by atomic mass is 10.0. The van der Waals surface area contributed by atoms with Gasteiger partial charge in [-0.05, 0) is 44.2 Å². The summed E-state index contributed by atoms with van der Waals surface area (Å²) in [5.41, 5.74) is 11.6. The Balaban J connectivity index is 2.09. The summed E-state index contributed by atoms with van der Waals surface area (Å²) < 4.78 is 0. The number of nitrogens with two attached hydrogens (primary N) is 2. The number of carbonyl (C=O) groups excluding carboxylic acids is 5. The fourth-order valence-electron chi connectivity index (χ4n) is 4.92. The summed E-state index contributed by atoms with van der Waals surface area (Å²) in [6, 6.07) is 3.58. The van der Waals surface area contributed by atoms with Crippen LogP contribution in [0.25, 0.3) is 0 Å². The number of aliphatic hydroxyl groups is 1. The van der Waals surface area contributed by atoms with Crippen LogP contribution >= 0.6 is 0 Å². The highest BCUT2D eigenvalue weighted by Gasteiger charge is 2.43. The molecule has 0 spiro atoms. The number of benzene rings is 1. The zero-order chi connectivity index (χ0) is 34.2. The SMILES string of the molecule is NCCCC[C@H](NC(=O)[C@H](CCC(=O)O)NC(=O)CNC(=O)[C@@H]1[C@@H](O)CCN1C(=O)[C@H](Cc1ccccc1)NC(=O)CN)C(=O)O. The maximum Gasteiger partial charge on any atom is 0.326 e. The van der Waals surface area contributed by atoms with Gasteiger partial charge in [0.15, 0.2) is 0 Å². The Morgan fingerprint density at radius 2 is 1.54 bits per heavy atom. The number of carbonyl (C=O) groups is 7. The molecule has 0 aliphatic carbocycles. The van der Waals surface area contributed by atoms with Crippen LogP contribution in [0.15, 0.2) is 30.3 Å². The first-order valence-electron chi connectivity index (χ1n) is 14.9. The summed E-state index contributed by atoms with van der Waals surface area (Å²) in [5.74, 6) is -6.52. The third kappa shape index (κ3) is 12.1. The van der Waals surface area contributed by atoms with E-state index in [1.54, 1.807) is 30.3 Å². The molecule has 0 aromatic heterocycles. The Morgan fingerprint density at radius 1 is 0.870 bits per heavy atom. The van der Waals surface area contributed by atoms with Gasteiger partial charge in [0.05, 0.1) is 19.2 Å². The number of nitrogens with zero attached hydrogens (tertiary/aromatic N) is 1. The lowest BCUT2D eigenvalue weighted by molar-refractivity contribution is -0.143. The van der Waals surface area contributed by atoms with Gasteiger partial charge in [0.2, 0.25) is 29.5 Å². The standard InChI is InChI=1S/C29H43N7O10/c30-12-5-4-8-19(29(45)46)35-26(42)18(9-10-24(40)41)33-23(39)16-32-27(43)25-21(37)11-13-36(25)28(44)20(34-22(38)15-31)14-17-6-2-1-3-7-17/h1-3,6-7,18-21,25,37H,4-5,8-16,30-31H2,(H,32,43)(H,33,39)(H,34,38)(H,35,42)(H,40,41)(H,45,46)/t18-,19-,20-,21-,25-/m0/s1. The number of hydrogen-bond donors (Lipinski definition) is 9. The molecule has 0 radical (unpaired) electrons. The van der Waals surface area contributed by atoms with Crippen LogP contribution in [0.1, 0.15) is 44.1 Å². The highest BCUT2D eigenvalue weighted by molar-refractivity contribution is 5.95. The van der Waals surface area contributed by atoms with Gasteiger partial charge >= 0.3 is 11.9 Å². The van der Waals surface area contributed by atoms with Crippen LogP contribution in [0.2, 0.25) is 0 Å². The van der Waals surface area contributed by atoms with Crippen molar-refractivity contribution in [3.63, 3.8) is 0 Å². The zero-order valence-electron chi connectivity index (χ0n) is 25.4. The van der Waals surface area contributed by atoms with Crippen molar-refractivity contribution in [2.24, 2.45) is 11.5 Å². The van der Waals surface area contributed by atoms with Crippen molar-refractivity contribution in [3.8, 4) is 0 Å². The molecule has 5 amide bonds. The first kappa shape index (κ1) is 37.6. The summed E-state index contributed by atoms with van der Waals surface area (Å²) in [4.78, 5) is 88.1. The van der Waals surface area contributed by atoms with Crippen molar-refractivity contribution in [1.82, 2.24) is 26.2 Å². The van der Waals surface area contributed by atoms with Gasteiger partial charge in [0.25, 0.3) is 0 Å². The van der Waals surface area contributed by atoms with Gasteiger partial charge in [-0.15, -0.1) is 0 Å². The topological polar surface area (TPSA) is 284 Å². The fraction of sp³-hybridized carbons (Fsp3) is 0.552. The Labute approximate surface area is 265 Å². The number of rotatable bonds is 19. The maximum atomic E-state index is 13.5. The third-order valence-corrected chi connectivity index (χ3v) is 7.30. The molecule has 11 N–H and O–H groups in total. The zero-order valence-corrected chi connectivity index (χ0v) is 25.4.